The summed E-state index contributed by atoms with van der Waals surface area (Å²) in [7, 11) is 0. The molecule has 0 bridgehead atoms. The zero-order valence-electron chi connectivity index (χ0n) is 9.16. The lowest BCUT2D eigenvalue weighted by molar-refractivity contribution is 0.841. The molecule has 0 saturated heterocycles. The smallest absolute Gasteiger partial charge is 0.195 e. The van der Waals surface area contributed by atoms with Crippen molar-refractivity contribution in [2.75, 3.05) is 6.54 Å². The normalized spacial score (nSPS) is 9.41. The van der Waals surface area contributed by atoms with Gasteiger partial charge in [-0.1, -0.05) is 12.1 Å². The minimum absolute atomic E-state index is 0.0105. The van der Waals surface area contributed by atoms with Crippen LogP contribution in [-0.4, -0.2) is 18.5 Å². The van der Waals surface area contributed by atoms with E-state index in [4.69, 9.17) is 16.6 Å². The van der Waals surface area contributed by atoms with Crippen molar-refractivity contribution in [3.8, 4) is 0 Å². The Morgan fingerprint density at radius 3 is 2.47 bits per heavy atom. The molecule has 1 rings (SSSR count). The Balaban J connectivity index is 2.32. The summed E-state index contributed by atoms with van der Waals surface area (Å²) in [6, 6.07) is 6.89. The summed E-state index contributed by atoms with van der Waals surface area (Å²) in [4.78, 5) is 10.2. The van der Waals surface area contributed by atoms with E-state index in [0.717, 1.165) is 5.56 Å². The highest BCUT2D eigenvalue weighted by Gasteiger charge is 1.97. The number of nitrogens with two attached hydrogens (primary N) is 1. The van der Waals surface area contributed by atoms with Crippen LogP contribution in [0.1, 0.15) is 5.56 Å². The Labute approximate surface area is 98.4 Å². The average molecular weight is 234 g/mol. The predicted octanol–water partition coefficient (Wildman–Crippen LogP) is 0.634. The summed E-state index contributed by atoms with van der Waals surface area (Å²) < 4.78 is 0. The van der Waals surface area contributed by atoms with E-state index < -0.39 is 0 Å². The Bertz CT molecular complexity index is 413. The van der Waals surface area contributed by atoms with Crippen LogP contribution in [0.25, 0.3) is 0 Å². The number of nitroso groups, excluding NO2 is 1. The molecule has 0 aliphatic rings. The summed E-state index contributed by atoms with van der Waals surface area (Å²) in [5, 5.41) is 22.2. The molecule has 0 fully saturated rings. The average Bonchev–Trinajstić information content (AvgIpc) is 2.29. The van der Waals surface area contributed by atoms with Crippen molar-refractivity contribution in [1.29, 1.82) is 10.8 Å². The quantitative estimate of drug-likeness (QED) is 0.297. The second-order valence-corrected chi connectivity index (χ2v) is 3.35. The second kappa shape index (κ2) is 6.21. The molecule has 0 aromatic heterocycles. The first-order valence-corrected chi connectivity index (χ1v) is 4.97. The molecule has 7 nitrogen and oxygen atoms in total. The number of nitrogens with one attached hydrogen (secondary N) is 4. The third kappa shape index (κ3) is 4.74. The first kappa shape index (κ1) is 12.6. The molecule has 0 unspecified atom stereocenters. The molecule has 1 aromatic carbocycles. The van der Waals surface area contributed by atoms with Crippen LogP contribution in [0.5, 0.6) is 0 Å². The van der Waals surface area contributed by atoms with Crippen LogP contribution in [0.3, 0.4) is 0 Å². The van der Waals surface area contributed by atoms with Gasteiger partial charge in [-0.15, -0.1) is 4.91 Å². The first-order chi connectivity index (χ1) is 8.11. The van der Waals surface area contributed by atoms with Crippen molar-refractivity contribution in [2.45, 2.75) is 6.42 Å². The van der Waals surface area contributed by atoms with Crippen molar-refractivity contribution >= 4 is 17.6 Å². The van der Waals surface area contributed by atoms with Gasteiger partial charge in [-0.3, -0.25) is 16.1 Å². The number of benzene rings is 1. The van der Waals surface area contributed by atoms with Crippen LogP contribution in [-0.2, 0) is 6.42 Å². The van der Waals surface area contributed by atoms with E-state index in [1.54, 1.807) is 24.3 Å². The maximum Gasteiger partial charge on any atom is 0.195 e. The first-order valence-electron chi connectivity index (χ1n) is 4.97. The summed E-state index contributed by atoms with van der Waals surface area (Å²) in [6.07, 6.45) is 0.696. The van der Waals surface area contributed by atoms with Crippen LogP contribution < -0.4 is 16.4 Å². The molecular weight excluding hydrogens is 220 g/mol. The molecule has 0 spiro atoms. The van der Waals surface area contributed by atoms with Crippen molar-refractivity contribution in [3.63, 3.8) is 0 Å². The Hall–Kier alpha value is -2.44. The predicted molar refractivity (Wildman–Crippen MR) is 66.4 cm³/mol. The van der Waals surface area contributed by atoms with Gasteiger partial charge in [0.25, 0.3) is 0 Å². The molecule has 90 valence electrons. The van der Waals surface area contributed by atoms with E-state index in [2.05, 4.69) is 15.8 Å². The molecule has 0 aliphatic carbocycles. The maximum absolute atomic E-state index is 10.2. The molecule has 0 saturated carbocycles. The van der Waals surface area contributed by atoms with Gasteiger partial charge in [-0.25, -0.2) is 0 Å². The summed E-state index contributed by atoms with van der Waals surface area (Å²) in [5.41, 5.74) is 6.48. The van der Waals surface area contributed by atoms with Crippen LogP contribution in [0.2, 0.25) is 0 Å². The number of guanidine groups is 2. The number of rotatable bonds is 4. The van der Waals surface area contributed by atoms with Crippen molar-refractivity contribution in [3.05, 3.63) is 34.7 Å². The van der Waals surface area contributed by atoms with E-state index in [1.165, 1.54) is 0 Å². The van der Waals surface area contributed by atoms with Gasteiger partial charge in [0.2, 0.25) is 0 Å². The van der Waals surface area contributed by atoms with Gasteiger partial charge in [-0.05, 0) is 29.3 Å². The minimum atomic E-state index is -0.274. The molecule has 6 N–H and O–H groups in total. The van der Waals surface area contributed by atoms with Crippen LogP contribution in [0.15, 0.2) is 29.4 Å². The standard InChI is InChI=1S/C10H14N6O/c11-9(12)15-10(13)14-6-5-7-1-3-8(16-17)4-2-7/h1-4H,5-6H2,(H6,11,12,13,14,15). The lowest BCUT2D eigenvalue weighted by Gasteiger charge is -2.08. The van der Waals surface area contributed by atoms with Gasteiger partial charge < -0.3 is 11.1 Å². The zero-order valence-corrected chi connectivity index (χ0v) is 9.16. The Kier molecular flexibility index (Phi) is 4.61. The summed E-state index contributed by atoms with van der Waals surface area (Å²) in [6.45, 7) is 0.535. The van der Waals surface area contributed by atoms with E-state index >= 15 is 0 Å². The summed E-state index contributed by atoms with van der Waals surface area (Å²) >= 11 is 0. The van der Waals surface area contributed by atoms with Gasteiger partial charge in [0.05, 0.1) is 0 Å². The van der Waals surface area contributed by atoms with Gasteiger partial charge >= 0.3 is 0 Å². The SMILES string of the molecule is N=C(N)NC(=N)NCCc1ccc(N=O)cc1. The third-order valence-corrected chi connectivity index (χ3v) is 2.02. The van der Waals surface area contributed by atoms with Gasteiger partial charge in [0, 0.05) is 6.54 Å². The van der Waals surface area contributed by atoms with Crippen LogP contribution >= 0.6 is 0 Å². The fourth-order valence-corrected chi connectivity index (χ4v) is 1.23. The molecule has 17 heavy (non-hydrogen) atoms. The van der Waals surface area contributed by atoms with Gasteiger partial charge in [-0.2, -0.15) is 0 Å². The number of nitrogens with zero attached hydrogens (tertiary/aromatic N) is 1. The molecule has 0 radical (unpaired) electrons. The molecular formula is C10H14N6O. The van der Waals surface area contributed by atoms with Gasteiger partial charge in [0.1, 0.15) is 5.69 Å². The fraction of sp³-hybridized carbons (Fsp3) is 0.200. The highest BCUT2D eigenvalue weighted by atomic mass is 16.3. The molecule has 0 heterocycles. The van der Waals surface area contributed by atoms with Crippen LogP contribution in [0.4, 0.5) is 5.69 Å². The fourth-order valence-electron chi connectivity index (χ4n) is 1.23. The minimum Gasteiger partial charge on any atom is -0.370 e. The van der Waals surface area contributed by atoms with Crippen LogP contribution in [0, 0.1) is 15.7 Å². The molecule has 0 aliphatic heterocycles. The molecule has 0 atom stereocenters. The maximum atomic E-state index is 10.2. The third-order valence-electron chi connectivity index (χ3n) is 2.02. The largest absolute Gasteiger partial charge is 0.370 e. The monoisotopic (exact) mass is 234 g/mol. The zero-order chi connectivity index (χ0) is 12.7. The van der Waals surface area contributed by atoms with E-state index in [-0.39, 0.29) is 11.9 Å². The second-order valence-electron chi connectivity index (χ2n) is 3.35. The van der Waals surface area contributed by atoms with E-state index in [9.17, 15) is 4.91 Å². The molecule has 7 heteroatoms. The highest BCUT2D eigenvalue weighted by Crippen LogP contribution is 2.12. The Morgan fingerprint density at radius 2 is 1.94 bits per heavy atom. The molecule has 1 aromatic rings. The lowest BCUT2D eigenvalue weighted by Crippen LogP contribution is -2.43. The molecule has 0 amide bonds. The van der Waals surface area contributed by atoms with E-state index in [0.29, 0.717) is 18.7 Å². The van der Waals surface area contributed by atoms with Crippen molar-refractivity contribution in [2.24, 2.45) is 10.9 Å². The topological polar surface area (TPSA) is 127 Å². The van der Waals surface area contributed by atoms with Crippen molar-refractivity contribution < 1.29 is 0 Å². The highest BCUT2D eigenvalue weighted by molar-refractivity contribution is 5.94. The lowest BCUT2D eigenvalue weighted by atomic mass is 10.1. The number of hydrogen-bond acceptors (Lipinski definition) is 4. The summed E-state index contributed by atoms with van der Waals surface area (Å²) in [5.74, 6) is -0.285. The Morgan fingerprint density at radius 1 is 1.29 bits per heavy atom. The van der Waals surface area contributed by atoms with Gasteiger partial charge in [0.15, 0.2) is 11.9 Å². The van der Waals surface area contributed by atoms with Crippen molar-refractivity contribution in [1.82, 2.24) is 10.6 Å². The van der Waals surface area contributed by atoms with E-state index in [1.807, 2.05) is 0 Å². The number of hydrogen-bond donors (Lipinski definition) is 5.